The van der Waals surface area contributed by atoms with Crippen LogP contribution in [0.2, 0.25) is 0 Å². The maximum atomic E-state index is 14.1. The van der Waals surface area contributed by atoms with E-state index < -0.39 is 15.6 Å². The highest BCUT2D eigenvalue weighted by atomic mass is 32.2. The standard InChI is InChI=1S/C29H59FO3S.H3N/c1-3-5-7-9-11-13-14-15-16-17-18-19-20-22-24-26-28-33-34(31,32)29(30)27-25-23-21-12-10-8-6-4-2;/h29H,3-28H2,1-2H3;1H3. The van der Waals surface area contributed by atoms with Crippen molar-refractivity contribution in [1.29, 1.82) is 0 Å². The maximum absolute atomic E-state index is 14.1. The Balaban J connectivity index is 0. The number of rotatable bonds is 28. The summed E-state index contributed by atoms with van der Waals surface area (Å²) in [6.07, 6.45) is 29.2. The first-order chi connectivity index (χ1) is 16.5. The average molecular weight is 524 g/mol. The van der Waals surface area contributed by atoms with Gasteiger partial charge >= 0.3 is 0 Å². The van der Waals surface area contributed by atoms with Gasteiger partial charge in [-0.05, 0) is 19.3 Å². The fourth-order valence-corrected chi connectivity index (χ4v) is 5.44. The number of unbranched alkanes of at least 4 members (excludes halogenated alkanes) is 22. The monoisotopic (exact) mass is 523 g/mol. The number of halogens is 1. The summed E-state index contributed by atoms with van der Waals surface area (Å²) in [4.78, 5) is 0. The molecule has 0 aliphatic carbocycles. The zero-order chi connectivity index (χ0) is 25.2. The summed E-state index contributed by atoms with van der Waals surface area (Å²) in [6, 6.07) is 0. The molecule has 0 aromatic heterocycles. The van der Waals surface area contributed by atoms with Gasteiger partial charge in [-0.3, -0.25) is 4.18 Å². The Hall–Kier alpha value is -0.200. The topological polar surface area (TPSA) is 78.4 Å². The molecule has 0 amide bonds. The van der Waals surface area contributed by atoms with E-state index in [1.807, 2.05) is 0 Å². The summed E-state index contributed by atoms with van der Waals surface area (Å²) >= 11 is 0. The number of hydrogen-bond acceptors (Lipinski definition) is 4. The molecule has 214 valence electrons. The highest BCUT2D eigenvalue weighted by molar-refractivity contribution is 7.87. The van der Waals surface area contributed by atoms with E-state index in [2.05, 4.69) is 13.8 Å². The molecule has 35 heavy (non-hydrogen) atoms. The van der Waals surface area contributed by atoms with Gasteiger partial charge in [0.25, 0.3) is 10.1 Å². The molecule has 3 N–H and O–H groups in total. The van der Waals surface area contributed by atoms with Crippen LogP contribution in [0.4, 0.5) is 4.39 Å². The van der Waals surface area contributed by atoms with Gasteiger partial charge in [0.2, 0.25) is 5.50 Å². The van der Waals surface area contributed by atoms with Crippen molar-refractivity contribution in [1.82, 2.24) is 6.15 Å². The molecule has 0 saturated carbocycles. The lowest BCUT2D eigenvalue weighted by Gasteiger charge is -2.10. The van der Waals surface area contributed by atoms with E-state index in [4.69, 9.17) is 4.18 Å². The van der Waals surface area contributed by atoms with Gasteiger partial charge in [0.15, 0.2) is 0 Å². The molecule has 1 atom stereocenters. The first kappa shape index (κ1) is 37.0. The summed E-state index contributed by atoms with van der Waals surface area (Å²) < 4.78 is 42.8. The second-order valence-corrected chi connectivity index (χ2v) is 12.0. The minimum Gasteiger partial charge on any atom is -0.344 e. The van der Waals surface area contributed by atoms with Crippen LogP contribution in [0, 0.1) is 0 Å². The van der Waals surface area contributed by atoms with E-state index in [0.717, 1.165) is 25.7 Å². The lowest BCUT2D eigenvalue weighted by molar-refractivity contribution is 0.270. The SMILES string of the molecule is CCCCCCCCCCCCCCCCCCOS(=O)(=O)C(F)CCCCCCCCCC.N. The van der Waals surface area contributed by atoms with Gasteiger partial charge in [-0.25, -0.2) is 4.39 Å². The molecule has 1 unspecified atom stereocenters. The summed E-state index contributed by atoms with van der Waals surface area (Å²) in [5.74, 6) is 0. The van der Waals surface area contributed by atoms with E-state index in [9.17, 15) is 12.8 Å². The second kappa shape index (κ2) is 28.4. The van der Waals surface area contributed by atoms with Gasteiger partial charge in [-0.15, -0.1) is 0 Å². The van der Waals surface area contributed by atoms with E-state index in [-0.39, 0.29) is 19.2 Å². The Morgan fingerprint density at radius 2 is 0.800 bits per heavy atom. The summed E-state index contributed by atoms with van der Waals surface area (Å²) in [6.45, 7) is 4.59. The Bertz CT molecular complexity index is 502. The summed E-state index contributed by atoms with van der Waals surface area (Å²) in [5.41, 5.74) is -1.87. The Morgan fingerprint density at radius 3 is 1.14 bits per heavy atom. The van der Waals surface area contributed by atoms with Crippen molar-refractivity contribution in [2.75, 3.05) is 6.61 Å². The second-order valence-electron chi connectivity index (χ2n) is 10.3. The van der Waals surface area contributed by atoms with Crippen molar-refractivity contribution in [2.24, 2.45) is 0 Å². The smallest absolute Gasteiger partial charge is 0.299 e. The first-order valence-electron chi connectivity index (χ1n) is 15.1. The van der Waals surface area contributed by atoms with Crippen LogP contribution in [0.25, 0.3) is 0 Å². The fourth-order valence-electron chi connectivity index (χ4n) is 4.48. The number of hydrogen-bond donors (Lipinski definition) is 1. The molecule has 0 bridgehead atoms. The molecule has 0 saturated heterocycles. The van der Waals surface area contributed by atoms with E-state index in [1.165, 1.54) is 116 Å². The quantitative estimate of drug-likeness (QED) is 0.0816. The van der Waals surface area contributed by atoms with Crippen LogP contribution in [0.5, 0.6) is 0 Å². The van der Waals surface area contributed by atoms with Crippen molar-refractivity contribution >= 4 is 10.1 Å². The Morgan fingerprint density at radius 1 is 0.514 bits per heavy atom. The summed E-state index contributed by atoms with van der Waals surface area (Å²) in [7, 11) is -4.05. The first-order valence-corrected chi connectivity index (χ1v) is 16.5. The highest BCUT2D eigenvalue weighted by Gasteiger charge is 2.25. The third-order valence-electron chi connectivity index (χ3n) is 6.84. The van der Waals surface area contributed by atoms with Crippen LogP contribution in [0.3, 0.4) is 0 Å². The van der Waals surface area contributed by atoms with E-state index >= 15 is 0 Å². The van der Waals surface area contributed by atoms with E-state index in [0.29, 0.717) is 12.8 Å². The normalized spacial score (nSPS) is 12.5. The molecule has 0 aromatic carbocycles. The van der Waals surface area contributed by atoms with Crippen LogP contribution in [0.15, 0.2) is 0 Å². The van der Waals surface area contributed by atoms with Gasteiger partial charge in [-0.1, -0.05) is 155 Å². The van der Waals surface area contributed by atoms with Crippen molar-refractivity contribution in [3.8, 4) is 0 Å². The molecular weight excluding hydrogens is 461 g/mol. The molecule has 6 heteroatoms. The Kier molecular flexibility index (Phi) is 30.0. The molecule has 0 spiro atoms. The third-order valence-corrected chi connectivity index (χ3v) is 8.20. The van der Waals surface area contributed by atoms with Crippen LogP contribution in [0.1, 0.15) is 174 Å². The molecule has 0 aromatic rings. The van der Waals surface area contributed by atoms with Crippen LogP contribution in [-0.2, 0) is 14.3 Å². The minimum atomic E-state index is -4.05. The molecule has 0 aliphatic rings. The van der Waals surface area contributed by atoms with Crippen LogP contribution >= 0.6 is 0 Å². The predicted octanol–water partition coefficient (Wildman–Crippen LogP) is 10.6. The van der Waals surface area contributed by atoms with Gasteiger partial charge < -0.3 is 6.15 Å². The molecular formula is C29H62FNO3S. The lowest BCUT2D eigenvalue weighted by Crippen LogP contribution is -2.19. The van der Waals surface area contributed by atoms with Crippen LogP contribution in [-0.4, -0.2) is 20.5 Å². The van der Waals surface area contributed by atoms with Crippen LogP contribution < -0.4 is 6.15 Å². The summed E-state index contributed by atoms with van der Waals surface area (Å²) in [5, 5.41) is 0. The highest BCUT2D eigenvalue weighted by Crippen LogP contribution is 2.18. The minimum absolute atomic E-state index is 0. The van der Waals surface area contributed by atoms with Gasteiger partial charge in [0, 0.05) is 0 Å². The molecule has 0 fully saturated rings. The molecule has 0 aliphatic heterocycles. The van der Waals surface area contributed by atoms with Crippen molar-refractivity contribution in [3.63, 3.8) is 0 Å². The van der Waals surface area contributed by atoms with E-state index in [1.54, 1.807) is 0 Å². The maximum Gasteiger partial charge on any atom is 0.299 e. The largest absolute Gasteiger partial charge is 0.344 e. The molecule has 0 radical (unpaired) electrons. The van der Waals surface area contributed by atoms with Gasteiger partial charge in [0.1, 0.15) is 0 Å². The number of alkyl halides is 1. The average Bonchev–Trinajstić information content (AvgIpc) is 2.82. The zero-order valence-electron chi connectivity index (χ0n) is 23.7. The Labute approximate surface area is 219 Å². The molecule has 0 heterocycles. The predicted molar refractivity (Wildman–Crippen MR) is 152 cm³/mol. The molecule has 0 rings (SSSR count). The van der Waals surface area contributed by atoms with Crippen molar-refractivity contribution < 1.29 is 17.0 Å². The van der Waals surface area contributed by atoms with Crippen molar-refractivity contribution in [2.45, 2.75) is 180 Å². The lowest BCUT2D eigenvalue weighted by atomic mass is 10.0. The van der Waals surface area contributed by atoms with Gasteiger partial charge in [-0.2, -0.15) is 8.42 Å². The third kappa shape index (κ3) is 26.7. The van der Waals surface area contributed by atoms with Crippen molar-refractivity contribution in [3.05, 3.63) is 0 Å². The molecule has 4 nitrogen and oxygen atoms in total. The zero-order valence-corrected chi connectivity index (χ0v) is 24.5. The van der Waals surface area contributed by atoms with Gasteiger partial charge in [0.05, 0.1) is 6.61 Å². The fraction of sp³-hybridized carbons (Fsp3) is 1.00.